The third kappa shape index (κ3) is 1.44. The average Bonchev–Trinajstić information content (AvgIpc) is 2.30. The predicted molar refractivity (Wildman–Crippen MR) is 42.3 cm³/mol. The van der Waals surface area contributed by atoms with Crippen molar-refractivity contribution in [2.75, 3.05) is 6.61 Å². The van der Waals surface area contributed by atoms with Crippen LogP contribution in [0.2, 0.25) is 0 Å². The fourth-order valence-electron chi connectivity index (χ4n) is 1.27. The Morgan fingerprint density at radius 1 is 1.55 bits per heavy atom. The summed E-state index contributed by atoms with van der Waals surface area (Å²) in [5, 5.41) is 18.0. The van der Waals surface area contributed by atoms with Crippen LogP contribution in [-0.2, 0) is 0 Å². The summed E-state index contributed by atoms with van der Waals surface area (Å²) >= 11 is 0. The van der Waals surface area contributed by atoms with Crippen molar-refractivity contribution in [2.24, 2.45) is 0 Å². The molecular weight excluding hydrogens is 142 g/mol. The molecule has 3 heteroatoms. The van der Waals surface area contributed by atoms with Crippen molar-refractivity contribution in [1.82, 2.24) is 4.98 Å². The first-order valence-electron chi connectivity index (χ1n) is 3.60. The number of H-pyrrole nitrogens is 1. The maximum absolute atomic E-state index is 9.31. The van der Waals surface area contributed by atoms with E-state index in [1.54, 1.807) is 0 Å². The first-order valence-corrected chi connectivity index (χ1v) is 3.60. The van der Waals surface area contributed by atoms with Gasteiger partial charge in [0.1, 0.15) is 6.10 Å². The largest absolute Gasteiger partial charge is 0.393 e. The minimum Gasteiger partial charge on any atom is -0.393 e. The second-order valence-electron chi connectivity index (χ2n) is 2.71. The zero-order chi connectivity index (χ0) is 8.43. The van der Waals surface area contributed by atoms with Gasteiger partial charge in [0.2, 0.25) is 0 Å². The minimum absolute atomic E-state index is 0.223. The minimum atomic E-state index is -0.749. The maximum Gasteiger partial charge on any atom is 0.104 e. The van der Waals surface area contributed by atoms with E-state index in [1.165, 1.54) is 0 Å². The highest BCUT2D eigenvalue weighted by Crippen LogP contribution is 2.20. The number of rotatable bonds is 2. The van der Waals surface area contributed by atoms with Crippen LogP contribution < -0.4 is 0 Å². The lowest BCUT2D eigenvalue weighted by Crippen LogP contribution is -2.04. The highest BCUT2D eigenvalue weighted by Gasteiger charge is 2.12. The Morgan fingerprint density at radius 3 is 2.55 bits per heavy atom. The van der Waals surface area contributed by atoms with Gasteiger partial charge in [-0.2, -0.15) is 0 Å². The Kier molecular flexibility index (Phi) is 2.31. The Bertz CT molecular complexity index is 223. The maximum atomic E-state index is 9.31. The summed E-state index contributed by atoms with van der Waals surface area (Å²) in [6.45, 7) is 3.55. The zero-order valence-corrected chi connectivity index (χ0v) is 6.76. The summed E-state index contributed by atoms with van der Waals surface area (Å²) < 4.78 is 0. The van der Waals surface area contributed by atoms with Crippen LogP contribution in [0, 0.1) is 13.8 Å². The number of nitrogens with one attached hydrogen (secondary N) is 1. The van der Waals surface area contributed by atoms with Crippen molar-refractivity contribution in [3.05, 3.63) is 23.0 Å². The number of aryl methyl sites for hydroxylation is 2. The van der Waals surface area contributed by atoms with Crippen molar-refractivity contribution in [2.45, 2.75) is 20.0 Å². The smallest absolute Gasteiger partial charge is 0.104 e. The average molecular weight is 155 g/mol. The molecule has 0 radical (unpaired) electrons. The third-order valence-corrected chi connectivity index (χ3v) is 1.84. The molecule has 0 aliphatic heterocycles. The van der Waals surface area contributed by atoms with Gasteiger partial charge in [0.25, 0.3) is 0 Å². The van der Waals surface area contributed by atoms with Gasteiger partial charge in [-0.25, -0.2) is 0 Å². The van der Waals surface area contributed by atoms with Crippen LogP contribution in [0.1, 0.15) is 22.9 Å². The monoisotopic (exact) mass is 155 g/mol. The van der Waals surface area contributed by atoms with E-state index in [1.807, 2.05) is 20.0 Å². The molecular formula is C8H13NO2. The standard InChI is InChI=1S/C8H13NO2/c1-5-3-9-6(2)8(5)7(11)4-10/h3,7,9-11H,4H2,1-2H3. The number of aromatic nitrogens is 1. The van der Waals surface area contributed by atoms with Crippen LogP contribution in [0.3, 0.4) is 0 Å². The number of aliphatic hydroxyl groups is 2. The van der Waals surface area contributed by atoms with E-state index in [0.29, 0.717) is 0 Å². The molecule has 1 atom stereocenters. The summed E-state index contributed by atoms with van der Waals surface area (Å²) in [5.74, 6) is 0. The van der Waals surface area contributed by atoms with Gasteiger partial charge >= 0.3 is 0 Å². The normalized spacial score (nSPS) is 13.5. The van der Waals surface area contributed by atoms with E-state index in [9.17, 15) is 5.11 Å². The summed E-state index contributed by atoms with van der Waals surface area (Å²) in [6.07, 6.45) is 1.07. The van der Waals surface area contributed by atoms with Crippen LogP contribution in [-0.4, -0.2) is 21.8 Å². The van der Waals surface area contributed by atoms with Gasteiger partial charge in [0, 0.05) is 17.5 Å². The van der Waals surface area contributed by atoms with E-state index >= 15 is 0 Å². The molecule has 0 aliphatic rings. The lowest BCUT2D eigenvalue weighted by Gasteiger charge is -2.07. The Labute approximate surface area is 65.7 Å². The van der Waals surface area contributed by atoms with Crippen molar-refractivity contribution in [3.8, 4) is 0 Å². The van der Waals surface area contributed by atoms with Crippen LogP contribution in [0.4, 0.5) is 0 Å². The molecule has 3 nitrogen and oxygen atoms in total. The molecule has 0 saturated heterocycles. The van der Waals surface area contributed by atoms with Crippen LogP contribution in [0.25, 0.3) is 0 Å². The molecule has 1 heterocycles. The summed E-state index contributed by atoms with van der Waals surface area (Å²) in [7, 11) is 0. The molecule has 0 aliphatic carbocycles. The molecule has 1 unspecified atom stereocenters. The molecule has 3 N–H and O–H groups in total. The molecule has 1 rings (SSSR count). The number of hydrogen-bond donors (Lipinski definition) is 3. The summed E-state index contributed by atoms with van der Waals surface area (Å²) in [5.41, 5.74) is 2.72. The Balaban J connectivity index is 3.00. The Morgan fingerprint density at radius 2 is 2.18 bits per heavy atom. The van der Waals surface area contributed by atoms with E-state index in [0.717, 1.165) is 16.8 Å². The molecule has 1 aromatic rings. The molecule has 1 aromatic heterocycles. The summed E-state index contributed by atoms with van der Waals surface area (Å²) in [4.78, 5) is 2.98. The van der Waals surface area contributed by atoms with Crippen molar-refractivity contribution in [3.63, 3.8) is 0 Å². The molecule has 0 bridgehead atoms. The number of hydrogen-bond acceptors (Lipinski definition) is 2. The number of aromatic amines is 1. The molecule has 62 valence electrons. The van der Waals surface area contributed by atoms with Gasteiger partial charge < -0.3 is 15.2 Å². The third-order valence-electron chi connectivity index (χ3n) is 1.84. The van der Waals surface area contributed by atoms with Crippen LogP contribution in [0.5, 0.6) is 0 Å². The highest BCUT2D eigenvalue weighted by molar-refractivity contribution is 5.30. The summed E-state index contributed by atoms with van der Waals surface area (Å²) in [6, 6.07) is 0. The molecule has 0 fully saturated rings. The lowest BCUT2D eigenvalue weighted by atomic mass is 10.1. The first-order chi connectivity index (χ1) is 5.16. The van der Waals surface area contributed by atoms with Gasteiger partial charge in [-0.05, 0) is 19.4 Å². The van der Waals surface area contributed by atoms with E-state index in [-0.39, 0.29) is 6.61 Å². The van der Waals surface area contributed by atoms with Gasteiger partial charge in [0.15, 0.2) is 0 Å². The fourth-order valence-corrected chi connectivity index (χ4v) is 1.27. The molecule has 0 amide bonds. The van der Waals surface area contributed by atoms with Crippen molar-refractivity contribution in [1.29, 1.82) is 0 Å². The number of aliphatic hydroxyl groups excluding tert-OH is 2. The topological polar surface area (TPSA) is 56.2 Å². The van der Waals surface area contributed by atoms with E-state index in [4.69, 9.17) is 5.11 Å². The van der Waals surface area contributed by atoms with E-state index in [2.05, 4.69) is 4.98 Å². The second kappa shape index (κ2) is 3.07. The highest BCUT2D eigenvalue weighted by atomic mass is 16.3. The SMILES string of the molecule is Cc1c[nH]c(C)c1C(O)CO. The van der Waals surface area contributed by atoms with Gasteiger partial charge in [-0.3, -0.25) is 0 Å². The van der Waals surface area contributed by atoms with Gasteiger partial charge in [-0.1, -0.05) is 0 Å². The van der Waals surface area contributed by atoms with E-state index < -0.39 is 6.10 Å². The van der Waals surface area contributed by atoms with Crippen molar-refractivity contribution >= 4 is 0 Å². The van der Waals surface area contributed by atoms with Crippen LogP contribution in [0.15, 0.2) is 6.20 Å². The quantitative estimate of drug-likeness (QED) is 0.587. The predicted octanol–water partition coefficient (Wildman–Crippen LogP) is 0.657. The molecule has 11 heavy (non-hydrogen) atoms. The lowest BCUT2D eigenvalue weighted by molar-refractivity contribution is 0.0947. The molecule has 0 saturated carbocycles. The fraction of sp³-hybridized carbons (Fsp3) is 0.500. The van der Waals surface area contributed by atoms with Gasteiger partial charge in [0.05, 0.1) is 6.61 Å². The van der Waals surface area contributed by atoms with Gasteiger partial charge in [-0.15, -0.1) is 0 Å². The Hall–Kier alpha value is -0.800. The molecule has 0 aromatic carbocycles. The zero-order valence-electron chi connectivity index (χ0n) is 6.76. The van der Waals surface area contributed by atoms with Crippen LogP contribution >= 0.6 is 0 Å². The van der Waals surface area contributed by atoms with Crippen molar-refractivity contribution < 1.29 is 10.2 Å². The second-order valence-corrected chi connectivity index (χ2v) is 2.71. The first kappa shape index (κ1) is 8.30. The molecule has 0 spiro atoms.